The first-order valence-corrected chi connectivity index (χ1v) is 9.00. The van der Waals surface area contributed by atoms with E-state index in [9.17, 15) is 9.18 Å². The molecule has 1 fully saturated rings. The van der Waals surface area contributed by atoms with Crippen molar-refractivity contribution in [2.24, 2.45) is 0 Å². The largest absolute Gasteiger partial charge is 0.367 e. The molecular weight excluding hydrogens is 333 g/mol. The van der Waals surface area contributed by atoms with E-state index in [2.05, 4.69) is 15.3 Å². The van der Waals surface area contributed by atoms with Gasteiger partial charge in [0, 0.05) is 13.1 Å². The Morgan fingerprint density at radius 1 is 1.15 bits per heavy atom. The van der Waals surface area contributed by atoms with Gasteiger partial charge in [-0.15, -0.1) is 0 Å². The molecule has 6 nitrogen and oxygen atoms in total. The number of rotatable bonds is 3. The maximum absolute atomic E-state index is 14.3. The second-order valence-electron chi connectivity index (χ2n) is 6.94. The summed E-state index contributed by atoms with van der Waals surface area (Å²) in [7, 11) is 1.83. The van der Waals surface area contributed by atoms with Gasteiger partial charge in [-0.25, -0.2) is 14.4 Å². The Hall–Kier alpha value is -2.70. The van der Waals surface area contributed by atoms with Crippen molar-refractivity contribution in [2.45, 2.75) is 38.3 Å². The topological polar surface area (TPSA) is 61.4 Å². The fourth-order valence-electron chi connectivity index (χ4n) is 3.77. The molecule has 1 aromatic heterocycles. The average molecular weight is 355 g/mol. The average Bonchev–Trinajstić information content (AvgIpc) is 3.09. The molecule has 2 aliphatic rings. The number of amides is 1. The Morgan fingerprint density at radius 2 is 1.92 bits per heavy atom. The van der Waals surface area contributed by atoms with Crippen LogP contribution in [0.5, 0.6) is 0 Å². The smallest absolute Gasteiger partial charge is 0.246 e. The second kappa shape index (κ2) is 6.90. The van der Waals surface area contributed by atoms with Gasteiger partial charge in [0.25, 0.3) is 0 Å². The van der Waals surface area contributed by atoms with Gasteiger partial charge < -0.3 is 15.1 Å². The van der Waals surface area contributed by atoms with E-state index in [0.29, 0.717) is 11.9 Å². The first kappa shape index (κ1) is 16.8. The number of likely N-dealkylation sites (N-methyl/N-ethyl adjacent to an activating group) is 1. The lowest BCUT2D eigenvalue weighted by Crippen LogP contribution is -2.36. The summed E-state index contributed by atoms with van der Waals surface area (Å²) in [6.45, 7) is 0.385. The van der Waals surface area contributed by atoms with Crippen LogP contribution in [0.4, 0.5) is 21.7 Å². The zero-order chi connectivity index (χ0) is 18.1. The molecule has 1 N–H and O–H groups in total. The zero-order valence-corrected chi connectivity index (χ0v) is 14.8. The van der Waals surface area contributed by atoms with Gasteiger partial charge >= 0.3 is 0 Å². The third kappa shape index (κ3) is 3.09. The Morgan fingerprint density at radius 3 is 2.69 bits per heavy atom. The van der Waals surface area contributed by atoms with Crippen molar-refractivity contribution >= 4 is 23.2 Å². The van der Waals surface area contributed by atoms with E-state index in [-0.39, 0.29) is 24.7 Å². The number of hydrogen-bond acceptors (Lipinski definition) is 5. The maximum Gasteiger partial charge on any atom is 0.246 e. The Bertz CT molecular complexity index is 821. The number of para-hydroxylation sites is 1. The molecule has 2 heterocycles. The third-order valence-corrected chi connectivity index (χ3v) is 5.11. The van der Waals surface area contributed by atoms with E-state index in [0.717, 1.165) is 24.2 Å². The monoisotopic (exact) mass is 355 g/mol. The summed E-state index contributed by atoms with van der Waals surface area (Å²) >= 11 is 0. The van der Waals surface area contributed by atoms with Gasteiger partial charge in [-0.05, 0) is 25.0 Å². The molecule has 4 rings (SSSR count). The van der Waals surface area contributed by atoms with Crippen molar-refractivity contribution in [1.82, 2.24) is 9.97 Å². The lowest BCUT2D eigenvalue weighted by atomic mass is 10.2. The second-order valence-corrected chi connectivity index (χ2v) is 6.94. The van der Waals surface area contributed by atoms with Crippen molar-refractivity contribution in [3.05, 3.63) is 42.0 Å². The van der Waals surface area contributed by atoms with Gasteiger partial charge in [0.1, 0.15) is 23.8 Å². The van der Waals surface area contributed by atoms with Crippen molar-refractivity contribution in [3.63, 3.8) is 0 Å². The molecule has 1 aliphatic carbocycles. The molecule has 0 unspecified atom stereocenters. The van der Waals surface area contributed by atoms with Crippen LogP contribution in [0.1, 0.15) is 31.2 Å². The van der Waals surface area contributed by atoms with Crippen molar-refractivity contribution in [2.75, 3.05) is 28.7 Å². The van der Waals surface area contributed by atoms with E-state index in [1.54, 1.807) is 23.1 Å². The highest BCUT2D eigenvalue weighted by atomic mass is 19.1. The van der Waals surface area contributed by atoms with E-state index in [1.165, 1.54) is 30.1 Å². The summed E-state index contributed by atoms with van der Waals surface area (Å²) in [4.78, 5) is 24.9. The molecule has 26 heavy (non-hydrogen) atoms. The van der Waals surface area contributed by atoms with Crippen LogP contribution in [-0.2, 0) is 11.3 Å². The van der Waals surface area contributed by atoms with Crippen LogP contribution in [-0.4, -0.2) is 35.5 Å². The minimum atomic E-state index is -0.408. The molecule has 1 aliphatic heterocycles. The van der Waals surface area contributed by atoms with Gasteiger partial charge in [-0.3, -0.25) is 4.79 Å². The minimum Gasteiger partial charge on any atom is -0.367 e. The molecule has 1 saturated carbocycles. The highest BCUT2D eigenvalue weighted by Gasteiger charge is 2.30. The highest BCUT2D eigenvalue weighted by molar-refractivity contribution is 5.98. The molecule has 0 spiro atoms. The summed E-state index contributed by atoms with van der Waals surface area (Å²) in [6, 6.07) is 6.75. The van der Waals surface area contributed by atoms with Crippen molar-refractivity contribution in [3.8, 4) is 0 Å². The van der Waals surface area contributed by atoms with Gasteiger partial charge in [-0.2, -0.15) is 0 Å². The van der Waals surface area contributed by atoms with Crippen LogP contribution in [0.25, 0.3) is 0 Å². The number of nitrogens with one attached hydrogen (secondary N) is 1. The molecule has 136 valence electrons. The maximum atomic E-state index is 14.3. The lowest BCUT2D eigenvalue weighted by Gasteiger charge is -2.22. The fourth-order valence-corrected chi connectivity index (χ4v) is 3.77. The third-order valence-electron chi connectivity index (χ3n) is 5.11. The lowest BCUT2D eigenvalue weighted by molar-refractivity contribution is -0.117. The number of nitrogens with zero attached hydrogens (tertiary/aromatic N) is 4. The quantitative estimate of drug-likeness (QED) is 0.917. The molecule has 1 aromatic carbocycles. The molecule has 0 atom stereocenters. The standard InChI is InChI=1S/C19H22FN5O/c1-24-11-17(26)25(16-9-5-4-8-15(16)20)10-14-18(21-12-22-19(14)24)23-13-6-2-3-7-13/h4-5,8-9,12-13H,2-3,6-7,10-11H2,1H3,(H,21,22,23). The Kier molecular flexibility index (Phi) is 4.44. The van der Waals surface area contributed by atoms with Crippen molar-refractivity contribution in [1.29, 1.82) is 0 Å². The summed E-state index contributed by atoms with van der Waals surface area (Å²) in [5.41, 5.74) is 1.12. The molecule has 0 saturated heterocycles. The number of fused-ring (bicyclic) bond motifs is 1. The SMILES string of the molecule is CN1CC(=O)N(c2ccccc2F)Cc2c(NC3CCCC3)ncnc21. The van der Waals surface area contributed by atoms with Crippen molar-refractivity contribution < 1.29 is 9.18 Å². The van der Waals surface area contributed by atoms with Crippen LogP contribution in [0.2, 0.25) is 0 Å². The summed E-state index contributed by atoms with van der Waals surface area (Å²) in [5.74, 6) is 0.883. The van der Waals surface area contributed by atoms with Crippen LogP contribution in [0, 0.1) is 5.82 Å². The molecular formula is C19H22FN5O. The van der Waals surface area contributed by atoms with Gasteiger partial charge in [0.2, 0.25) is 5.91 Å². The molecule has 7 heteroatoms. The van der Waals surface area contributed by atoms with Crippen LogP contribution >= 0.6 is 0 Å². The molecule has 0 bridgehead atoms. The number of aromatic nitrogens is 2. The normalized spacial score (nSPS) is 18.0. The summed E-state index contributed by atoms with van der Waals surface area (Å²) in [6.07, 6.45) is 6.18. The number of carbonyl (C=O) groups is 1. The van der Waals surface area contributed by atoms with Gasteiger partial charge in [0.15, 0.2) is 0 Å². The Balaban J connectivity index is 1.73. The highest BCUT2D eigenvalue weighted by Crippen LogP contribution is 2.32. The van der Waals surface area contributed by atoms with Crippen LogP contribution in [0.15, 0.2) is 30.6 Å². The predicted molar refractivity (Wildman–Crippen MR) is 98.8 cm³/mol. The molecule has 2 aromatic rings. The number of halogens is 1. The number of anilines is 3. The van der Waals surface area contributed by atoms with E-state index < -0.39 is 5.82 Å². The first-order valence-electron chi connectivity index (χ1n) is 9.00. The summed E-state index contributed by atoms with van der Waals surface area (Å²) in [5, 5.41) is 3.51. The minimum absolute atomic E-state index is 0.140. The van der Waals surface area contributed by atoms with Gasteiger partial charge in [-0.1, -0.05) is 25.0 Å². The van der Waals surface area contributed by atoms with Crippen LogP contribution in [0.3, 0.4) is 0 Å². The van der Waals surface area contributed by atoms with E-state index in [4.69, 9.17) is 0 Å². The predicted octanol–water partition coefficient (Wildman–Crippen LogP) is 2.95. The molecule has 0 radical (unpaired) electrons. The molecule has 1 amide bonds. The van der Waals surface area contributed by atoms with Gasteiger partial charge in [0.05, 0.1) is 24.3 Å². The number of benzene rings is 1. The zero-order valence-electron chi connectivity index (χ0n) is 14.8. The van der Waals surface area contributed by atoms with E-state index >= 15 is 0 Å². The fraction of sp³-hybridized carbons (Fsp3) is 0.421. The van der Waals surface area contributed by atoms with E-state index in [1.807, 2.05) is 7.05 Å². The summed E-state index contributed by atoms with van der Waals surface area (Å²) < 4.78 is 14.3. The number of hydrogen-bond donors (Lipinski definition) is 1. The first-order chi connectivity index (χ1) is 12.6. The number of carbonyl (C=O) groups excluding carboxylic acids is 1. The Labute approximate surface area is 152 Å². The van der Waals surface area contributed by atoms with Crippen LogP contribution < -0.4 is 15.1 Å².